The number of hydrogen-bond donors (Lipinski definition) is 3. The average molecular weight is 452 g/mol. The number of hydrogen-bond acceptors (Lipinski definition) is 6. The van der Waals surface area contributed by atoms with Crippen LogP contribution in [0.4, 0.5) is 5.69 Å². The van der Waals surface area contributed by atoms with Gasteiger partial charge in [-0.3, -0.25) is 15.1 Å². The molecule has 0 saturated carbocycles. The van der Waals surface area contributed by atoms with Gasteiger partial charge in [-0.1, -0.05) is 6.07 Å². The van der Waals surface area contributed by atoms with Crippen molar-refractivity contribution >= 4 is 39.0 Å². The zero-order chi connectivity index (χ0) is 22.4. The molecular formula is C25H21N7S. The summed E-state index contributed by atoms with van der Waals surface area (Å²) in [4.78, 5) is 18.2. The van der Waals surface area contributed by atoms with Gasteiger partial charge in [-0.05, 0) is 49.6 Å². The van der Waals surface area contributed by atoms with Crippen LogP contribution in [0.25, 0.3) is 55.0 Å². The molecule has 0 fully saturated rings. The first-order valence-corrected chi connectivity index (χ1v) is 11.6. The molecule has 6 heterocycles. The lowest BCUT2D eigenvalue weighted by atomic mass is 10.1. The van der Waals surface area contributed by atoms with Gasteiger partial charge in [0.2, 0.25) is 0 Å². The molecule has 6 rings (SSSR count). The van der Waals surface area contributed by atoms with Gasteiger partial charge in [0.05, 0.1) is 28.8 Å². The van der Waals surface area contributed by atoms with Crippen molar-refractivity contribution in [2.45, 2.75) is 19.9 Å². The molecule has 6 aromatic heterocycles. The first kappa shape index (κ1) is 19.6. The summed E-state index contributed by atoms with van der Waals surface area (Å²) in [6.07, 6.45) is 7.32. The Bertz CT molecular complexity index is 1580. The van der Waals surface area contributed by atoms with Crippen LogP contribution in [0.5, 0.6) is 0 Å². The maximum absolute atomic E-state index is 4.63. The minimum absolute atomic E-state index is 0.327. The third kappa shape index (κ3) is 3.54. The maximum Gasteiger partial charge on any atom is 0.138 e. The summed E-state index contributed by atoms with van der Waals surface area (Å²) in [6.45, 7) is 4.21. The molecule has 0 aliphatic rings. The molecule has 8 heteroatoms. The van der Waals surface area contributed by atoms with E-state index in [0.29, 0.717) is 6.04 Å². The van der Waals surface area contributed by atoms with Crippen molar-refractivity contribution in [3.05, 3.63) is 66.6 Å². The van der Waals surface area contributed by atoms with E-state index in [4.69, 9.17) is 0 Å². The van der Waals surface area contributed by atoms with E-state index < -0.39 is 0 Å². The summed E-state index contributed by atoms with van der Waals surface area (Å²) in [6, 6.07) is 12.8. The van der Waals surface area contributed by atoms with Crippen LogP contribution < -0.4 is 5.32 Å². The van der Waals surface area contributed by atoms with Gasteiger partial charge in [-0.25, -0.2) is 4.98 Å². The van der Waals surface area contributed by atoms with Gasteiger partial charge >= 0.3 is 0 Å². The molecular weight excluding hydrogens is 430 g/mol. The topological polar surface area (TPSA) is 95.2 Å². The lowest BCUT2D eigenvalue weighted by Gasteiger charge is -2.10. The van der Waals surface area contributed by atoms with Gasteiger partial charge in [-0.15, -0.1) is 11.3 Å². The molecule has 0 spiro atoms. The highest BCUT2D eigenvalue weighted by Crippen LogP contribution is 2.35. The Kier molecular flexibility index (Phi) is 4.66. The Balaban J connectivity index is 1.45. The normalized spacial score (nSPS) is 11.6. The monoisotopic (exact) mass is 451 g/mol. The third-order valence-electron chi connectivity index (χ3n) is 5.51. The van der Waals surface area contributed by atoms with Gasteiger partial charge in [0.15, 0.2) is 0 Å². The van der Waals surface area contributed by atoms with Crippen LogP contribution in [-0.2, 0) is 0 Å². The SMILES string of the molecule is CC(C)Nc1cncc(-c2cc3c(-c4cc5c(-c6cccs6)ccnc5[nH]4)n[nH]c3cn2)c1. The Morgan fingerprint density at radius 3 is 2.79 bits per heavy atom. The largest absolute Gasteiger partial charge is 0.382 e. The second kappa shape index (κ2) is 7.83. The van der Waals surface area contributed by atoms with Crippen molar-refractivity contribution < 1.29 is 0 Å². The number of thiophene rings is 1. The molecule has 0 saturated heterocycles. The van der Waals surface area contributed by atoms with Crippen LogP contribution in [0, 0.1) is 0 Å². The Morgan fingerprint density at radius 1 is 1.00 bits per heavy atom. The molecule has 0 atom stereocenters. The summed E-state index contributed by atoms with van der Waals surface area (Å²) in [5.74, 6) is 0. The van der Waals surface area contributed by atoms with E-state index in [1.165, 1.54) is 10.4 Å². The standard InChI is InChI=1S/C25H21N7S/c1-14(2)29-16-8-15(11-26-12-16)20-10-19-22(13-28-20)31-32-24(19)21-9-18-17(23-4-3-7-33-23)5-6-27-25(18)30-21/h3-14,29H,1-2H3,(H,27,30)(H,31,32). The van der Waals surface area contributed by atoms with E-state index in [0.717, 1.165) is 50.3 Å². The lowest BCUT2D eigenvalue weighted by Crippen LogP contribution is -2.09. The fourth-order valence-electron chi connectivity index (χ4n) is 4.07. The highest BCUT2D eigenvalue weighted by Gasteiger charge is 2.16. The van der Waals surface area contributed by atoms with Gasteiger partial charge in [0, 0.05) is 51.4 Å². The molecule has 162 valence electrons. The predicted octanol–water partition coefficient (Wildman–Crippen LogP) is 6.11. The predicted molar refractivity (Wildman–Crippen MR) is 134 cm³/mol. The van der Waals surface area contributed by atoms with Gasteiger partial charge in [0.25, 0.3) is 0 Å². The number of nitrogens with zero attached hydrogens (tertiary/aromatic N) is 4. The molecule has 7 nitrogen and oxygen atoms in total. The van der Waals surface area contributed by atoms with Crippen molar-refractivity contribution in [3.8, 4) is 33.1 Å². The van der Waals surface area contributed by atoms with E-state index in [1.54, 1.807) is 11.3 Å². The smallest absolute Gasteiger partial charge is 0.138 e. The molecule has 0 amide bonds. The summed E-state index contributed by atoms with van der Waals surface area (Å²) in [7, 11) is 0. The maximum atomic E-state index is 4.63. The van der Waals surface area contributed by atoms with E-state index in [1.807, 2.05) is 24.8 Å². The number of aromatic amines is 2. The Morgan fingerprint density at radius 2 is 1.94 bits per heavy atom. The number of anilines is 1. The summed E-state index contributed by atoms with van der Waals surface area (Å²) in [5, 5.41) is 15.3. The first-order chi connectivity index (χ1) is 16.2. The molecule has 0 bridgehead atoms. The van der Waals surface area contributed by atoms with E-state index in [2.05, 4.69) is 91.1 Å². The van der Waals surface area contributed by atoms with Crippen LogP contribution in [0.3, 0.4) is 0 Å². The summed E-state index contributed by atoms with van der Waals surface area (Å²) in [5.41, 5.74) is 7.42. The number of rotatable bonds is 5. The second-order valence-corrected chi connectivity index (χ2v) is 9.18. The third-order valence-corrected chi connectivity index (χ3v) is 6.41. The number of aromatic nitrogens is 6. The first-order valence-electron chi connectivity index (χ1n) is 10.7. The zero-order valence-electron chi connectivity index (χ0n) is 18.1. The average Bonchev–Trinajstić information content (AvgIpc) is 3.57. The summed E-state index contributed by atoms with van der Waals surface area (Å²) >= 11 is 1.72. The highest BCUT2D eigenvalue weighted by molar-refractivity contribution is 7.13. The molecule has 0 aliphatic heterocycles. The number of fused-ring (bicyclic) bond motifs is 2. The van der Waals surface area contributed by atoms with Crippen LogP contribution in [0.2, 0.25) is 0 Å². The molecule has 0 radical (unpaired) electrons. The quantitative estimate of drug-likeness (QED) is 0.294. The number of pyridine rings is 3. The molecule has 0 unspecified atom stereocenters. The van der Waals surface area contributed by atoms with Crippen LogP contribution >= 0.6 is 11.3 Å². The molecule has 0 aliphatic carbocycles. The highest BCUT2D eigenvalue weighted by atomic mass is 32.1. The van der Waals surface area contributed by atoms with Crippen LogP contribution in [-0.4, -0.2) is 36.2 Å². The van der Waals surface area contributed by atoms with Crippen molar-refractivity contribution in [3.63, 3.8) is 0 Å². The van der Waals surface area contributed by atoms with Crippen molar-refractivity contribution in [1.29, 1.82) is 0 Å². The van der Waals surface area contributed by atoms with E-state index in [9.17, 15) is 0 Å². The molecule has 6 aromatic rings. The van der Waals surface area contributed by atoms with Crippen LogP contribution in [0.1, 0.15) is 13.8 Å². The van der Waals surface area contributed by atoms with Crippen molar-refractivity contribution in [2.24, 2.45) is 0 Å². The van der Waals surface area contributed by atoms with Gasteiger partial charge in [-0.2, -0.15) is 5.10 Å². The minimum Gasteiger partial charge on any atom is -0.382 e. The van der Waals surface area contributed by atoms with Gasteiger partial charge in [0.1, 0.15) is 11.3 Å². The zero-order valence-corrected chi connectivity index (χ0v) is 18.9. The summed E-state index contributed by atoms with van der Waals surface area (Å²) < 4.78 is 0. The Labute approximate surface area is 194 Å². The van der Waals surface area contributed by atoms with E-state index >= 15 is 0 Å². The lowest BCUT2D eigenvalue weighted by molar-refractivity contribution is 0.898. The Hall–Kier alpha value is -4.04. The second-order valence-electron chi connectivity index (χ2n) is 8.23. The van der Waals surface area contributed by atoms with Crippen molar-refractivity contribution in [2.75, 3.05) is 5.32 Å². The minimum atomic E-state index is 0.327. The number of H-pyrrole nitrogens is 2. The fourth-order valence-corrected chi connectivity index (χ4v) is 4.84. The molecule has 33 heavy (non-hydrogen) atoms. The van der Waals surface area contributed by atoms with E-state index in [-0.39, 0.29) is 0 Å². The molecule has 3 N–H and O–H groups in total. The van der Waals surface area contributed by atoms with Crippen molar-refractivity contribution in [1.82, 2.24) is 30.1 Å². The fraction of sp³-hybridized carbons (Fsp3) is 0.120. The molecule has 0 aromatic carbocycles. The number of nitrogens with one attached hydrogen (secondary N) is 3. The van der Waals surface area contributed by atoms with Gasteiger partial charge < -0.3 is 10.3 Å². The van der Waals surface area contributed by atoms with Crippen LogP contribution in [0.15, 0.2) is 66.6 Å².